The van der Waals surface area contributed by atoms with E-state index in [1.807, 2.05) is 0 Å². The van der Waals surface area contributed by atoms with Crippen molar-refractivity contribution in [3.05, 3.63) is 45.9 Å². The van der Waals surface area contributed by atoms with Gasteiger partial charge in [0.15, 0.2) is 11.5 Å². The van der Waals surface area contributed by atoms with Crippen molar-refractivity contribution in [2.45, 2.75) is 6.61 Å². The molecule has 6 nitrogen and oxygen atoms in total. The fourth-order valence-electron chi connectivity index (χ4n) is 2.23. The van der Waals surface area contributed by atoms with Crippen molar-refractivity contribution in [3.63, 3.8) is 0 Å². The molecule has 0 N–H and O–H groups in total. The zero-order valence-electron chi connectivity index (χ0n) is 14.4. The molecule has 7 heteroatoms. The lowest BCUT2D eigenvalue weighted by Gasteiger charge is -2.14. The number of hydrogen-bond acceptors (Lipinski definition) is 6. The average molecular weight is 411 g/mol. The first-order chi connectivity index (χ1) is 12.0. The Balaban J connectivity index is 2.19. The van der Waals surface area contributed by atoms with Crippen LogP contribution in [0.4, 0.5) is 0 Å². The summed E-state index contributed by atoms with van der Waals surface area (Å²) in [4.78, 5) is 12.3. The van der Waals surface area contributed by atoms with Gasteiger partial charge in [0.25, 0.3) is 0 Å². The standard InChI is InChI=1S/C18H19BrO6/c1-21-12-5-6-14(19)13(9-12)18(20)25-10-11-7-15(22-2)17(24-4)16(8-11)23-3/h5-9H,10H2,1-4H3. The van der Waals surface area contributed by atoms with Gasteiger partial charge in [0.05, 0.1) is 34.0 Å². The second-order valence-electron chi connectivity index (χ2n) is 4.96. The number of carbonyl (C=O) groups excluding carboxylic acids is 1. The molecule has 0 fully saturated rings. The highest BCUT2D eigenvalue weighted by molar-refractivity contribution is 9.10. The number of halogens is 1. The second-order valence-corrected chi connectivity index (χ2v) is 5.81. The third-order valence-corrected chi connectivity index (χ3v) is 4.18. The molecule has 0 unspecified atom stereocenters. The van der Waals surface area contributed by atoms with Crippen LogP contribution in [-0.4, -0.2) is 34.4 Å². The Morgan fingerprint density at radius 3 is 2.08 bits per heavy atom. The summed E-state index contributed by atoms with van der Waals surface area (Å²) in [5.74, 6) is 1.57. The SMILES string of the molecule is COc1ccc(Br)c(C(=O)OCc2cc(OC)c(OC)c(OC)c2)c1. The normalized spacial score (nSPS) is 10.1. The third kappa shape index (κ3) is 4.36. The van der Waals surface area contributed by atoms with Crippen LogP contribution in [0, 0.1) is 0 Å². The van der Waals surface area contributed by atoms with Crippen molar-refractivity contribution in [1.29, 1.82) is 0 Å². The molecule has 2 aromatic carbocycles. The lowest BCUT2D eigenvalue weighted by Crippen LogP contribution is -2.07. The molecule has 0 aliphatic rings. The van der Waals surface area contributed by atoms with E-state index in [0.29, 0.717) is 38.6 Å². The molecule has 2 aromatic rings. The molecule has 134 valence electrons. The monoisotopic (exact) mass is 410 g/mol. The molecule has 0 aliphatic carbocycles. The van der Waals surface area contributed by atoms with Crippen molar-refractivity contribution in [1.82, 2.24) is 0 Å². The summed E-state index contributed by atoms with van der Waals surface area (Å²) in [6.45, 7) is 0.0548. The molecular weight excluding hydrogens is 392 g/mol. The Hall–Kier alpha value is -2.41. The summed E-state index contributed by atoms with van der Waals surface area (Å²) in [6, 6.07) is 8.56. The molecule has 0 bridgehead atoms. The van der Waals surface area contributed by atoms with Crippen LogP contribution in [0.1, 0.15) is 15.9 Å². The first kappa shape index (κ1) is 18.9. The van der Waals surface area contributed by atoms with Crippen LogP contribution in [0.5, 0.6) is 23.0 Å². The molecule has 25 heavy (non-hydrogen) atoms. The minimum Gasteiger partial charge on any atom is -0.497 e. The molecule has 0 heterocycles. The molecule has 0 amide bonds. The van der Waals surface area contributed by atoms with Gasteiger partial charge < -0.3 is 23.7 Å². The quantitative estimate of drug-likeness (QED) is 0.646. The lowest BCUT2D eigenvalue weighted by molar-refractivity contribution is 0.0470. The summed E-state index contributed by atoms with van der Waals surface area (Å²) in [5, 5.41) is 0. The molecule has 0 saturated carbocycles. The molecule has 0 atom stereocenters. The average Bonchev–Trinajstić information content (AvgIpc) is 2.65. The van der Waals surface area contributed by atoms with Crippen LogP contribution < -0.4 is 18.9 Å². The Morgan fingerprint density at radius 2 is 1.56 bits per heavy atom. The fourth-order valence-corrected chi connectivity index (χ4v) is 2.64. The fraction of sp³-hybridized carbons (Fsp3) is 0.278. The van der Waals surface area contributed by atoms with Crippen LogP contribution in [-0.2, 0) is 11.3 Å². The maximum atomic E-state index is 12.3. The van der Waals surface area contributed by atoms with E-state index in [2.05, 4.69) is 15.9 Å². The van der Waals surface area contributed by atoms with Gasteiger partial charge >= 0.3 is 5.97 Å². The van der Waals surface area contributed by atoms with Crippen molar-refractivity contribution >= 4 is 21.9 Å². The van der Waals surface area contributed by atoms with E-state index in [1.165, 1.54) is 28.4 Å². The predicted octanol–water partition coefficient (Wildman–Crippen LogP) is 3.84. The number of benzene rings is 2. The summed E-state index contributed by atoms with van der Waals surface area (Å²) < 4.78 is 27.0. The van der Waals surface area contributed by atoms with Gasteiger partial charge in [0.2, 0.25) is 5.75 Å². The molecule has 0 aromatic heterocycles. The summed E-state index contributed by atoms with van der Waals surface area (Å²) in [5.41, 5.74) is 1.09. The van der Waals surface area contributed by atoms with Crippen LogP contribution in [0.2, 0.25) is 0 Å². The second kappa shape index (κ2) is 8.62. The summed E-state index contributed by atoms with van der Waals surface area (Å²) >= 11 is 3.34. The van der Waals surface area contributed by atoms with E-state index >= 15 is 0 Å². The van der Waals surface area contributed by atoms with Crippen molar-refractivity contribution in [3.8, 4) is 23.0 Å². The molecule has 0 saturated heterocycles. The third-order valence-electron chi connectivity index (χ3n) is 3.49. The highest BCUT2D eigenvalue weighted by Gasteiger charge is 2.16. The largest absolute Gasteiger partial charge is 0.497 e. The number of hydrogen-bond donors (Lipinski definition) is 0. The van der Waals surface area contributed by atoms with Gasteiger partial charge in [-0.1, -0.05) is 0 Å². The zero-order valence-corrected chi connectivity index (χ0v) is 16.0. The van der Waals surface area contributed by atoms with Gasteiger partial charge in [-0.2, -0.15) is 0 Å². The van der Waals surface area contributed by atoms with Crippen molar-refractivity contribution in [2.24, 2.45) is 0 Å². The Morgan fingerprint density at radius 1 is 0.920 bits per heavy atom. The predicted molar refractivity (Wildman–Crippen MR) is 95.9 cm³/mol. The van der Waals surface area contributed by atoms with Crippen molar-refractivity contribution in [2.75, 3.05) is 28.4 Å². The first-order valence-corrected chi connectivity index (χ1v) is 8.12. The van der Waals surface area contributed by atoms with Gasteiger partial charge in [-0.25, -0.2) is 4.79 Å². The van der Waals surface area contributed by atoms with Crippen molar-refractivity contribution < 1.29 is 28.5 Å². The maximum Gasteiger partial charge on any atom is 0.339 e. The van der Waals surface area contributed by atoms with Gasteiger partial charge in [-0.05, 0) is 51.8 Å². The van der Waals surface area contributed by atoms with Crippen LogP contribution in [0.3, 0.4) is 0 Å². The van der Waals surface area contributed by atoms with Gasteiger partial charge in [-0.3, -0.25) is 0 Å². The van der Waals surface area contributed by atoms with E-state index in [-0.39, 0.29) is 6.61 Å². The molecule has 2 rings (SSSR count). The maximum absolute atomic E-state index is 12.3. The number of esters is 1. The smallest absolute Gasteiger partial charge is 0.339 e. The van der Waals surface area contributed by atoms with E-state index in [0.717, 1.165) is 0 Å². The topological polar surface area (TPSA) is 63.2 Å². The zero-order chi connectivity index (χ0) is 18.4. The Kier molecular flexibility index (Phi) is 6.52. The minimum atomic E-state index is -0.473. The summed E-state index contributed by atoms with van der Waals surface area (Å²) in [6.07, 6.45) is 0. The van der Waals surface area contributed by atoms with Crippen LogP contribution in [0.15, 0.2) is 34.8 Å². The van der Waals surface area contributed by atoms with Gasteiger partial charge in [-0.15, -0.1) is 0 Å². The number of rotatable bonds is 7. The first-order valence-electron chi connectivity index (χ1n) is 7.33. The van der Waals surface area contributed by atoms with Gasteiger partial charge in [0.1, 0.15) is 12.4 Å². The van der Waals surface area contributed by atoms with E-state index in [1.54, 1.807) is 30.3 Å². The highest BCUT2D eigenvalue weighted by atomic mass is 79.9. The highest BCUT2D eigenvalue weighted by Crippen LogP contribution is 2.38. The van der Waals surface area contributed by atoms with E-state index in [4.69, 9.17) is 23.7 Å². The molecule has 0 aliphatic heterocycles. The van der Waals surface area contributed by atoms with Crippen LogP contribution >= 0.6 is 15.9 Å². The lowest BCUT2D eigenvalue weighted by atomic mass is 10.2. The Labute approximate surface area is 154 Å². The van der Waals surface area contributed by atoms with E-state index < -0.39 is 5.97 Å². The minimum absolute atomic E-state index is 0.0548. The molecule has 0 spiro atoms. The number of carbonyl (C=O) groups is 1. The van der Waals surface area contributed by atoms with Crippen LogP contribution in [0.25, 0.3) is 0 Å². The van der Waals surface area contributed by atoms with Gasteiger partial charge in [0, 0.05) is 4.47 Å². The molecular formula is C18H19BrO6. The van der Waals surface area contributed by atoms with E-state index in [9.17, 15) is 4.79 Å². The summed E-state index contributed by atoms with van der Waals surface area (Å²) in [7, 11) is 6.12. The number of methoxy groups -OCH3 is 4. The Bertz CT molecular complexity index is 734. The molecule has 0 radical (unpaired) electrons. The number of ether oxygens (including phenoxy) is 5.